The Balaban J connectivity index is 1.75. The Hall–Kier alpha value is -0.710. The van der Waals surface area contributed by atoms with E-state index < -0.39 is 0 Å². The summed E-state index contributed by atoms with van der Waals surface area (Å²) in [5.41, 5.74) is 0. The van der Waals surface area contributed by atoms with Crippen LogP contribution in [0.5, 0.6) is 0 Å². The van der Waals surface area contributed by atoms with Gasteiger partial charge in [-0.2, -0.15) is 11.8 Å². The van der Waals surface area contributed by atoms with Crippen molar-refractivity contribution in [2.45, 2.75) is 62.3 Å². The number of carbonyl (C=O) groups excluding carboxylic acids is 2. The summed E-state index contributed by atoms with van der Waals surface area (Å²) in [6.07, 6.45) is 9.08. The fourth-order valence-electron chi connectivity index (χ4n) is 3.93. The Morgan fingerprint density at radius 2 is 1.90 bits per heavy atom. The zero-order valence-electron chi connectivity index (χ0n) is 12.2. The highest BCUT2D eigenvalue weighted by Crippen LogP contribution is 2.33. The number of hydrogen-bond donors (Lipinski definition) is 0. The van der Waals surface area contributed by atoms with Crippen LogP contribution >= 0.6 is 11.8 Å². The van der Waals surface area contributed by atoms with Gasteiger partial charge in [0.25, 0.3) is 0 Å². The second-order valence-corrected chi connectivity index (χ2v) is 7.34. The molecule has 0 N–H and O–H groups in total. The number of rotatable bonds is 2. The van der Waals surface area contributed by atoms with Crippen molar-refractivity contribution < 1.29 is 9.59 Å². The monoisotopic (exact) mass is 296 g/mol. The van der Waals surface area contributed by atoms with E-state index in [4.69, 9.17) is 0 Å². The van der Waals surface area contributed by atoms with Crippen LogP contribution in [-0.2, 0) is 9.59 Å². The largest absolute Gasteiger partial charge is 0.337 e. The highest BCUT2D eigenvalue weighted by Gasteiger charge is 2.41. The molecule has 2 saturated heterocycles. The zero-order valence-corrected chi connectivity index (χ0v) is 13.0. The predicted molar refractivity (Wildman–Crippen MR) is 80.6 cm³/mol. The lowest BCUT2D eigenvalue weighted by atomic mass is 10.0. The van der Waals surface area contributed by atoms with Crippen LogP contribution in [0, 0.1) is 0 Å². The van der Waals surface area contributed by atoms with Gasteiger partial charge in [-0.05, 0) is 44.8 Å². The van der Waals surface area contributed by atoms with E-state index in [-0.39, 0.29) is 17.9 Å². The molecule has 0 aromatic rings. The summed E-state index contributed by atoms with van der Waals surface area (Å²) in [5, 5.41) is 0.689. The minimum atomic E-state index is -0.160. The van der Waals surface area contributed by atoms with E-state index in [0.29, 0.717) is 24.3 Å². The molecule has 1 saturated carbocycles. The summed E-state index contributed by atoms with van der Waals surface area (Å²) in [4.78, 5) is 29.0. The highest BCUT2D eigenvalue weighted by atomic mass is 32.2. The number of hydrogen-bond acceptors (Lipinski definition) is 3. The summed E-state index contributed by atoms with van der Waals surface area (Å²) < 4.78 is 0. The van der Waals surface area contributed by atoms with E-state index >= 15 is 0 Å². The maximum Gasteiger partial charge on any atom is 0.245 e. The van der Waals surface area contributed by atoms with Crippen LogP contribution < -0.4 is 0 Å². The lowest BCUT2D eigenvalue weighted by molar-refractivity contribution is -0.144. The normalized spacial score (nSPS) is 35.1. The summed E-state index contributed by atoms with van der Waals surface area (Å²) in [6, 6.07) is 0.210. The van der Waals surface area contributed by atoms with Gasteiger partial charge in [0.2, 0.25) is 11.8 Å². The maximum absolute atomic E-state index is 12.8. The lowest BCUT2D eigenvalue weighted by Gasteiger charge is -2.36. The first-order valence-electron chi connectivity index (χ1n) is 7.83. The van der Waals surface area contributed by atoms with Crippen LogP contribution in [0.1, 0.15) is 44.9 Å². The molecule has 1 aliphatic carbocycles. The molecule has 3 aliphatic rings. The first kappa shape index (κ1) is 14.2. The molecule has 3 fully saturated rings. The van der Waals surface area contributed by atoms with Gasteiger partial charge in [-0.25, -0.2) is 0 Å². The summed E-state index contributed by atoms with van der Waals surface area (Å²) in [6.45, 7) is 1.41. The summed E-state index contributed by atoms with van der Waals surface area (Å²) >= 11 is 1.91. The Bertz CT molecular complexity index is 401. The van der Waals surface area contributed by atoms with Gasteiger partial charge in [0, 0.05) is 30.8 Å². The molecule has 3 unspecified atom stereocenters. The van der Waals surface area contributed by atoms with Gasteiger partial charge in [-0.3, -0.25) is 9.59 Å². The third-order valence-corrected chi connectivity index (χ3v) is 6.18. The van der Waals surface area contributed by atoms with E-state index in [2.05, 4.69) is 6.26 Å². The van der Waals surface area contributed by atoms with Gasteiger partial charge in [0.05, 0.1) is 0 Å². The van der Waals surface area contributed by atoms with Crippen LogP contribution in [0.25, 0.3) is 0 Å². The summed E-state index contributed by atoms with van der Waals surface area (Å²) in [5.74, 6) is 0.410. The molecule has 0 aromatic heterocycles. The van der Waals surface area contributed by atoms with Crippen LogP contribution in [-0.4, -0.2) is 58.3 Å². The van der Waals surface area contributed by atoms with Crippen LogP contribution in [0.4, 0.5) is 0 Å². The molecule has 0 aromatic carbocycles. The third kappa shape index (κ3) is 2.57. The molecule has 0 radical (unpaired) electrons. The fourth-order valence-corrected chi connectivity index (χ4v) is 4.71. The van der Waals surface area contributed by atoms with E-state index in [1.807, 2.05) is 21.6 Å². The number of thioether (sulfide) groups is 1. The maximum atomic E-state index is 12.8. The van der Waals surface area contributed by atoms with Gasteiger partial charge in [-0.1, -0.05) is 0 Å². The molecule has 0 bridgehead atoms. The van der Waals surface area contributed by atoms with Crippen molar-refractivity contribution in [3.8, 4) is 0 Å². The topological polar surface area (TPSA) is 40.6 Å². The van der Waals surface area contributed by atoms with Crippen LogP contribution in [0.3, 0.4) is 0 Å². The third-order valence-electron chi connectivity index (χ3n) is 5.09. The van der Waals surface area contributed by atoms with Crippen molar-refractivity contribution in [1.82, 2.24) is 9.80 Å². The SMILES string of the molecule is CSC1CCC(N2CCC(=O)N3CCCCC3C2=O)C1. The van der Waals surface area contributed by atoms with Gasteiger partial charge in [0.1, 0.15) is 6.04 Å². The van der Waals surface area contributed by atoms with E-state index in [1.54, 1.807) is 0 Å². The summed E-state index contributed by atoms with van der Waals surface area (Å²) in [7, 11) is 0. The fraction of sp³-hybridized carbons (Fsp3) is 0.867. The molecule has 2 aliphatic heterocycles. The van der Waals surface area contributed by atoms with Crippen molar-refractivity contribution in [3.63, 3.8) is 0 Å². The Morgan fingerprint density at radius 1 is 1.05 bits per heavy atom. The Morgan fingerprint density at radius 3 is 2.65 bits per heavy atom. The first-order valence-corrected chi connectivity index (χ1v) is 9.12. The van der Waals surface area contributed by atoms with Gasteiger partial charge < -0.3 is 9.80 Å². The second kappa shape index (κ2) is 5.96. The second-order valence-electron chi connectivity index (χ2n) is 6.20. The molecular weight excluding hydrogens is 272 g/mol. The van der Waals surface area contributed by atoms with Crippen LogP contribution in [0.2, 0.25) is 0 Å². The predicted octanol–water partition coefficient (Wildman–Crippen LogP) is 1.88. The molecule has 5 heteroatoms. The molecule has 112 valence electrons. The molecule has 2 heterocycles. The minimum Gasteiger partial charge on any atom is -0.337 e. The average Bonchev–Trinajstić information content (AvgIpc) is 2.91. The standard InChI is InChI=1S/C15H24N2O2S/c1-20-12-6-5-11(10-12)16-9-7-14(18)17-8-3-2-4-13(17)15(16)19/h11-13H,2-10H2,1H3. The van der Waals surface area contributed by atoms with Crippen molar-refractivity contribution in [1.29, 1.82) is 0 Å². The molecule has 3 atom stereocenters. The number of amides is 2. The first-order chi connectivity index (χ1) is 9.70. The van der Waals surface area contributed by atoms with Crippen LogP contribution in [0.15, 0.2) is 0 Å². The quantitative estimate of drug-likeness (QED) is 0.781. The van der Waals surface area contributed by atoms with Crippen molar-refractivity contribution in [2.24, 2.45) is 0 Å². The smallest absolute Gasteiger partial charge is 0.245 e. The molecule has 2 amide bonds. The average molecular weight is 296 g/mol. The minimum absolute atomic E-state index is 0.160. The lowest BCUT2D eigenvalue weighted by Crippen LogP contribution is -2.51. The zero-order chi connectivity index (χ0) is 14.1. The van der Waals surface area contributed by atoms with Crippen molar-refractivity contribution in [2.75, 3.05) is 19.3 Å². The molecule has 3 rings (SSSR count). The van der Waals surface area contributed by atoms with E-state index in [0.717, 1.165) is 38.6 Å². The Kier molecular flexibility index (Phi) is 4.24. The van der Waals surface area contributed by atoms with Gasteiger partial charge >= 0.3 is 0 Å². The highest BCUT2D eigenvalue weighted by molar-refractivity contribution is 7.99. The number of nitrogens with zero attached hydrogens (tertiary/aromatic N) is 2. The molecule has 20 heavy (non-hydrogen) atoms. The van der Waals surface area contributed by atoms with Gasteiger partial charge in [0.15, 0.2) is 0 Å². The number of fused-ring (bicyclic) bond motifs is 1. The van der Waals surface area contributed by atoms with E-state index in [9.17, 15) is 9.59 Å². The van der Waals surface area contributed by atoms with Crippen molar-refractivity contribution >= 4 is 23.6 Å². The van der Waals surface area contributed by atoms with E-state index in [1.165, 1.54) is 6.42 Å². The number of carbonyl (C=O) groups is 2. The Labute approximate surface area is 125 Å². The van der Waals surface area contributed by atoms with Crippen molar-refractivity contribution in [3.05, 3.63) is 0 Å². The molecule has 4 nitrogen and oxygen atoms in total. The molecule has 0 spiro atoms. The number of piperidine rings is 1. The van der Waals surface area contributed by atoms with Gasteiger partial charge in [-0.15, -0.1) is 0 Å². The molecular formula is C15H24N2O2S.